The third-order valence-corrected chi connectivity index (χ3v) is 2.90. The third kappa shape index (κ3) is 2.96. The van der Waals surface area contributed by atoms with Crippen molar-refractivity contribution in [1.29, 1.82) is 0 Å². The van der Waals surface area contributed by atoms with Gasteiger partial charge >= 0.3 is 0 Å². The molecule has 1 saturated heterocycles. The van der Waals surface area contributed by atoms with Gasteiger partial charge in [-0.3, -0.25) is 4.79 Å². The number of aromatic nitrogens is 1. The van der Waals surface area contributed by atoms with Gasteiger partial charge in [-0.25, -0.2) is 4.98 Å². The monoisotopic (exact) mass is 250 g/mol. The van der Waals surface area contributed by atoms with Gasteiger partial charge in [-0.05, 0) is 12.1 Å². The number of nitrogens with zero attached hydrogens (tertiary/aromatic N) is 2. The molecule has 0 radical (unpaired) electrons. The smallest absolute Gasteiger partial charge is 0.252 e. The highest BCUT2D eigenvalue weighted by molar-refractivity contribution is 5.97. The van der Waals surface area contributed by atoms with E-state index in [2.05, 4.69) is 10.3 Å². The highest BCUT2D eigenvalue weighted by Crippen LogP contribution is 2.16. The molecule has 2 heterocycles. The molecule has 0 saturated carbocycles. The number of nitrogens with two attached hydrogens (primary N) is 1. The van der Waals surface area contributed by atoms with Gasteiger partial charge in [-0.2, -0.15) is 0 Å². The summed E-state index contributed by atoms with van der Waals surface area (Å²) >= 11 is 0. The molecule has 1 amide bonds. The Bertz CT molecular complexity index is 418. The van der Waals surface area contributed by atoms with E-state index in [9.17, 15) is 4.79 Å². The number of carbonyl (C=O) groups excluding carboxylic acids is 1. The van der Waals surface area contributed by atoms with Crippen LogP contribution in [0, 0.1) is 0 Å². The quantitative estimate of drug-likeness (QED) is 0.760. The van der Waals surface area contributed by atoms with Crippen molar-refractivity contribution < 1.29 is 9.53 Å². The number of ether oxygens (including phenoxy) is 1. The largest absolute Gasteiger partial charge is 0.374 e. The van der Waals surface area contributed by atoms with Gasteiger partial charge in [0.2, 0.25) is 0 Å². The molecule has 18 heavy (non-hydrogen) atoms. The molecule has 1 aliphatic rings. The van der Waals surface area contributed by atoms with Crippen molar-refractivity contribution in [3.8, 4) is 0 Å². The number of rotatable bonds is 4. The zero-order valence-electron chi connectivity index (χ0n) is 10.4. The molecule has 6 heteroatoms. The molecule has 98 valence electrons. The fraction of sp³-hybridized carbons (Fsp3) is 0.500. The predicted octanol–water partition coefficient (Wildman–Crippen LogP) is -0.395. The van der Waals surface area contributed by atoms with E-state index in [1.807, 2.05) is 11.9 Å². The SMILES string of the molecule is CN(CC1CNCCO1)c1ncccc1C(N)=O. The summed E-state index contributed by atoms with van der Waals surface area (Å²) in [7, 11) is 1.88. The van der Waals surface area contributed by atoms with Crippen molar-refractivity contribution in [3.05, 3.63) is 23.9 Å². The molecule has 6 nitrogen and oxygen atoms in total. The number of hydrogen-bond donors (Lipinski definition) is 2. The highest BCUT2D eigenvalue weighted by Gasteiger charge is 2.19. The van der Waals surface area contributed by atoms with Crippen LogP contribution in [0.4, 0.5) is 5.82 Å². The average molecular weight is 250 g/mol. The van der Waals surface area contributed by atoms with Crippen LogP contribution in [0.5, 0.6) is 0 Å². The molecule has 3 N–H and O–H groups in total. The second kappa shape index (κ2) is 5.79. The van der Waals surface area contributed by atoms with E-state index in [1.165, 1.54) is 0 Å². The van der Waals surface area contributed by atoms with Gasteiger partial charge in [0.1, 0.15) is 5.82 Å². The van der Waals surface area contributed by atoms with Crippen molar-refractivity contribution in [2.45, 2.75) is 6.10 Å². The lowest BCUT2D eigenvalue weighted by Gasteiger charge is -2.29. The summed E-state index contributed by atoms with van der Waals surface area (Å²) < 4.78 is 5.62. The summed E-state index contributed by atoms with van der Waals surface area (Å²) in [5.41, 5.74) is 5.77. The fourth-order valence-corrected chi connectivity index (χ4v) is 2.02. The minimum absolute atomic E-state index is 0.103. The van der Waals surface area contributed by atoms with Crippen LogP contribution in [0.15, 0.2) is 18.3 Å². The van der Waals surface area contributed by atoms with Crippen molar-refractivity contribution in [3.63, 3.8) is 0 Å². The molecule has 0 aliphatic carbocycles. The molecule has 0 aromatic carbocycles. The molecule has 1 unspecified atom stereocenters. The van der Waals surface area contributed by atoms with Gasteiger partial charge < -0.3 is 20.7 Å². The molecule has 2 rings (SSSR count). The normalized spacial score (nSPS) is 19.5. The summed E-state index contributed by atoms with van der Waals surface area (Å²) in [5, 5.41) is 3.27. The lowest BCUT2D eigenvalue weighted by atomic mass is 10.2. The Morgan fingerprint density at radius 3 is 3.22 bits per heavy atom. The minimum atomic E-state index is -0.465. The zero-order valence-corrected chi connectivity index (χ0v) is 10.4. The van der Waals surface area contributed by atoms with Crippen LogP contribution in [0.2, 0.25) is 0 Å². The highest BCUT2D eigenvalue weighted by atomic mass is 16.5. The number of primary amides is 1. The van der Waals surface area contributed by atoms with Crippen LogP contribution in [-0.4, -0.2) is 50.3 Å². The molecule has 0 spiro atoms. The van der Waals surface area contributed by atoms with E-state index in [0.717, 1.165) is 13.1 Å². The first-order chi connectivity index (χ1) is 8.68. The Labute approximate surface area is 106 Å². The molecular formula is C12H18N4O2. The van der Waals surface area contributed by atoms with E-state index in [1.54, 1.807) is 18.3 Å². The number of likely N-dealkylation sites (N-methyl/N-ethyl adjacent to an activating group) is 1. The topological polar surface area (TPSA) is 80.5 Å². The number of pyridine rings is 1. The lowest BCUT2D eigenvalue weighted by Crippen LogP contribution is -2.44. The molecule has 1 fully saturated rings. The third-order valence-electron chi connectivity index (χ3n) is 2.90. The van der Waals surface area contributed by atoms with Crippen LogP contribution in [-0.2, 0) is 4.74 Å². The average Bonchev–Trinajstić information content (AvgIpc) is 2.40. The summed E-state index contributed by atoms with van der Waals surface area (Å²) in [6.07, 6.45) is 1.75. The number of morpholine rings is 1. The van der Waals surface area contributed by atoms with E-state index in [4.69, 9.17) is 10.5 Å². The van der Waals surface area contributed by atoms with E-state index < -0.39 is 5.91 Å². The molecule has 1 atom stereocenters. The molecular weight excluding hydrogens is 232 g/mol. The maximum Gasteiger partial charge on any atom is 0.252 e. The van der Waals surface area contributed by atoms with Gasteiger partial charge in [-0.15, -0.1) is 0 Å². The lowest BCUT2D eigenvalue weighted by molar-refractivity contribution is 0.0339. The predicted molar refractivity (Wildman–Crippen MR) is 68.6 cm³/mol. The second-order valence-electron chi connectivity index (χ2n) is 4.32. The van der Waals surface area contributed by atoms with Gasteiger partial charge in [0.25, 0.3) is 5.91 Å². The molecule has 1 aromatic heterocycles. The number of anilines is 1. The first-order valence-corrected chi connectivity index (χ1v) is 5.96. The minimum Gasteiger partial charge on any atom is -0.374 e. The summed E-state index contributed by atoms with van der Waals surface area (Å²) in [6, 6.07) is 3.39. The summed E-state index contributed by atoms with van der Waals surface area (Å²) in [4.78, 5) is 17.4. The maximum absolute atomic E-state index is 11.3. The Hall–Kier alpha value is -1.66. The zero-order chi connectivity index (χ0) is 13.0. The van der Waals surface area contributed by atoms with Crippen molar-refractivity contribution >= 4 is 11.7 Å². The van der Waals surface area contributed by atoms with E-state index in [0.29, 0.717) is 24.5 Å². The number of amides is 1. The standard InChI is InChI=1S/C12H18N4O2/c1-16(8-9-7-14-5-6-18-9)12-10(11(13)17)3-2-4-15-12/h2-4,9,14H,5-8H2,1H3,(H2,13,17). The second-order valence-corrected chi connectivity index (χ2v) is 4.32. The van der Waals surface area contributed by atoms with Crippen LogP contribution in [0.3, 0.4) is 0 Å². The Balaban J connectivity index is 2.08. The van der Waals surface area contributed by atoms with Gasteiger partial charge in [0.15, 0.2) is 0 Å². The van der Waals surface area contributed by atoms with Crippen LogP contribution >= 0.6 is 0 Å². The Morgan fingerprint density at radius 2 is 2.56 bits per heavy atom. The number of carbonyl (C=O) groups is 1. The Morgan fingerprint density at radius 1 is 1.72 bits per heavy atom. The summed E-state index contributed by atoms with van der Waals surface area (Å²) in [5.74, 6) is 0.131. The van der Waals surface area contributed by atoms with Crippen LogP contribution in [0.1, 0.15) is 10.4 Å². The molecule has 0 bridgehead atoms. The Kier molecular flexibility index (Phi) is 4.11. The molecule has 1 aliphatic heterocycles. The first-order valence-electron chi connectivity index (χ1n) is 5.96. The van der Waals surface area contributed by atoms with Crippen molar-refractivity contribution in [1.82, 2.24) is 10.3 Å². The fourth-order valence-electron chi connectivity index (χ4n) is 2.02. The van der Waals surface area contributed by atoms with Gasteiger partial charge in [-0.1, -0.05) is 0 Å². The summed E-state index contributed by atoms with van der Waals surface area (Å²) in [6.45, 7) is 3.08. The van der Waals surface area contributed by atoms with Crippen molar-refractivity contribution in [2.75, 3.05) is 38.2 Å². The van der Waals surface area contributed by atoms with Gasteiger partial charge in [0, 0.05) is 32.9 Å². The number of hydrogen-bond acceptors (Lipinski definition) is 5. The van der Waals surface area contributed by atoms with E-state index >= 15 is 0 Å². The number of nitrogens with one attached hydrogen (secondary N) is 1. The first kappa shape index (κ1) is 12.8. The van der Waals surface area contributed by atoms with Crippen LogP contribution < -0.4 is 16.0 Å². The molecule has 1 aromatic rings. The maximum atomic E-state index is 11.3. The van der Waals surface area contributed by atoms with Crippen molar-refractivity contribution in [2.24, 2.45) is 5.73 Å². The van der Waals surface area contributed by atoms with Crippen LogP contribution in [0.25, 0.3) is 0 Å². The van der Waals surface area contributed by atoms with E-state index in [-0.39, 0.29) is 6.10 Å². The van der Waals surface area contributed by atoms with Gasteiger partial charge in [0.05, 0.1) is 18.3 Å².